The van der Waals surface area contributed by atoms with E-state index in [9.17, 15) is 0 Å². The summed E-state index contributed by atoms with van der Waals surface area (Å²) in [5.41, 5.74) is 5.70. The Morgan fingerprint density at radius 1 is 1.15 bits per heavy atom. The van der Waals surface area contributed by atoms with Crippen LogP contribution in [0.4, 0.5) is 0 Å². The zero-order chi connectivity index (χ0) is 19.5. The molecule has 0 aliphatic heterocycles. The third-order valence-electron chi connectivity index (χ3n) is 4.39. The van der Waals surface area contributed by atoms with Crippen LogP contribution in [0.25, 0.3) is 21.7 Å². The largest absolute Gasteiger partial charge is 0.0149 e. The summed E-state index contributed by atoms with van der Waals surface area (Å²) in [5.74, 6) is 0. The summed E-state index contributed by atoms with van der Waals surface area (Å²) in [6.45, 7) is 14.4. The zero-order valence-corrected chi connectivity index (χ0v) is 18.9. The number of rotatable bonds is 3. The summed E-state index contributed by atoms with van der Waals surface area (Å²) in [6, 6.07) is 4.78. The van der Waals surface area contributed by atoms with Crippen LogP contribution in [0.5, 0.6) is 0 Å². The van der Waals surface area contributed by atoms with E-state index in [1.165, 1.54) is 32.8 Å². The van der Waals surface area contributed by atoms with Crippen LogP contribution in [0.15, 0.2) is 48.6 Å². The quantitative estimate of drug-likeness (QED) is 0.587. The van der Waals surface area contributed by atoms with E-state index in [0.29, 0.717) is 0 Å². The van der Waals surface area contributed by atoms with Gasteiger partial charge in [0.2, 0.25) is 0 Å². The van der Waals surface area contributed by atoms with Gasteiger partial charge in [0.15, 0.2) is 0 Å². The molecule has 1 N–H and O–H groups in total. The molecule has 145 valence electrons. The summed E-state index contributed by atoms with van der Waals surface area (Å²) in [7, 11) is 0. The van der Waals surface area contributed by atoms with Gasteiger partial charge in [0.05, 0.1) is 0 Å². The van der Waals surface area contributed by atoms with Crippen LogP contribution in [0.1, 0.15) is 45.7 Å². The maximum absolute atomic E-state index is 3.75. The minimum atomic E-state index is -1.15. The van der Waals surface area contributed by atoms with E-state index in [2.05, 4.69) is 80.4 Å². The molecular weight excluding hydrogens is 378 g/mol. The normalized spacial score (nSPS) is 14.1. The molecule has 1 nitrogen and oxygen atoms in total. The van der Waals surface area contributed by atoms with Crippen molar-refractivity contribution in [2.45, 2.75) is 50.6 Å². The van der Waals surface area contributed by atoms with Crippen LogP contribution in [-0.2, 0) is 17.9 Å². The maximum Gasteiger partial charge on any atom is -0.0149 e. The van der Waals surface area contributed by atoms with Crippen molar-refractivity contribution in [3.05, 3.63) is 70.2 Å². The summed E-state index contributed by atoms with van der Waals surface area (Å²) in [6.07, 6.45) is 12.2. The second kappa shape index (κ2) is 9.73. The molecule has 0 radical (unpaired) electrons. The van der Waals surface area contributed by atoms with Crippen LogP contribution in [0, 0.1) is 0 Å². The topological polar surface area (TPSA) is 12.0 Å². The fourth-order valence-corrected chi connectivity index (χ4v) is 5.97. The van der Waals surface area contributed by atoms with Gasteiger partial charge in [0.1, 0.15) is 0 Å². The van der Waals surface area contributed by atoms with E-state index in [1.54, 1.807) is 9.95 Å². The van der Waals surface area contributed by atoms with Gasteiger partial charge in [-0.15, -0.1) is 0 Å². The van der Waals surface area contributed by atoms with Crippen molar-refractivity contribution in [1.29, 1.82) is 0 Å². The van der Waals surface area contributed by atoms with Crippen LogP contribution >= 0.6 is 0 Å². The zero-order valence-electron chi connectivity index (χ0n) is 17.3. The SMILES string of the molecule is C=CC=CC.CC1=C(NC(C)(C)C)c2cc3c(cc2=[C]1[Ti]([CH3])[CH3])C=CC=3.[SiH4]. The average Bonchev–Trinajstić information content (AvgIpc) is 3.08. The van der Waals surface area contributed by atoms with E-state index >= 15 is 0 Å². The molecule has 0 saturated carbocycles. The minimum absolute atomic E-state index is 0. The number of nitrogens with one attached hydrogen (secondary N) is 1. The molecule has 1 aromatic carbocycles. The first kappa shape index (κ1) is 23.7. The standard InChI is InChI=1S/C17H18N.C5H8.2CH3.H4Si.Ti/c1-11-8-14-9-12-6-5-7-13(12)10-15(14)16(11)18-17(2,3)4;1-3-5-4-2;;;;/h5-7,9-10,18H,1-4H3;3-5H,1H2,2H3;2*1H3;1H4;. The van der Waals surface area contributed by atoms with Crippen molar-refractivity contribution < 1.29 is 17.9 Å². The van der Waals surface area contributed by atoms with E-state index in [1.807, 2.05) is 19.1 Å². The van der Waals surface area contributed by atoms with Gasteiger partial charge < -0.3 is 0 Å². The third kappa shape index (κ3) is 5.57. The van der Waals surface area contributed by atoms with Crippen LogP contribution < -0.4 is 15.8 Å². The van der Waals surface area contributed by atoms with Gasteiger partial charge in [-0.3, -0.25) is 0 Å². The van der Waals surface area contributed by atoms with Crippen molar-refractivity contribution in [2.75, 3.05) is 0 Å². The Balaban J connectivity index is 0.000000542. The van der Waals surface area contributed by atoms with E-state index in [0.717, 1.165) is 0 Å². The number of benzene rings is 1. The van der Waals surface area contributed by atoms with Gasteiger partial charge in [0.25, 0.3) is 0 Å². The van der Waals surface area contributed by atoms with Crippen molar-refractivity contribution in [3.63, 3.8) is 0 Å². The Labute approximate surface area is 176 Å². The molecule has 3 heteroatoms. The Hall–Kier alpha value is -1.35. The molecule has 2 aliphatic rings. The molecule has 1 aromatic rings. The molecule has 0 saturated heterocycles. The first-order chi connectivity index (χ1) is 12.2. The summed E-state index contributed by atoms with van der Waals surface area (Å²) >= 11 is -1.15. The molecule has 0 aromatic heterocycles. The molecule has 2 aliphatic carbocycles. The van der Waals surface area contributed by atoms with Gasteiger partial charge in [-0.05, 0) is 17.9 Å². The fraction of sp³-hybridized carbons (Fsp3) is 0.333. The second-order valence-electron chi connectivity index (χ2n) is 8.06. The molecule has 0 spiro atoms. The van der Waals surface area contributed by atoms with Crippen molar-refractivity contribution in [2.24, 2.45) is 0 Å². The summed E-state index contributed by atoms with van der Waals surface area (Å²) in [4.78, 5) is 0. The molecule has 0 atom stereocenters. The average molecular weight is 415 g/mol. The van der Waals surface area contributed by atoms with Gasteiger partial charge in [-0.1, -0.05) is 24.8 Å². The van der Waals surface area contributed by atoms with Crippen molar-refractivity contribution in [1.82, 2.24) is 5.32 Å². The fourth-order valence-electron chi connectivity index (χ4n) is 3.44. The Bertz CT molecular complexity index is 909. The molecule has 0 heterocycles. The van der Waals surface area contributed by atoms with Gasteiger partial charge >= 0.3 is 134 Å². The Morgan fingerprint density at radius 2 is 1.81 bits per heavy atom. The Kier molecular flexibility index (Phi) is 8.53. The molecule has 27 heavy (non-hydrogen) atoms. The predicted molar refractivity (Wildman–Crippen MR) is 126 cm³/mol. The van der Waals surface area contributed by atoms with Crippen LogP contribution in [-0.4, -0.2) is 16.5 Å². The molecular formula is C24H36NSiTi. The van der Waals surface area contributed by atoms with E-state index < -0.39 is 17.9 Å². The van der Waals surface area contributed by atoms with Crippen LogP contribution in [0.2, 0.25) is 10.5 Å². The number of hydrogen-bond acceptors (Lipinski definition) is 1. The van der Waals surface area contributed by atoms with Gasteiger partial charge in [0, 0.05) is 0 Å². The first-order valence-corrected chi connectivity index (χ1v) is 13.2. The molecule has 0 bridgehead atoms. The first-order valence-electron chi connectivity index (χ1n) is 9.30. The van der Waals surface area contributed by atoms with Gasteiger partial charge in [-0.2, -0.15) is 0 Å². The number of allylic oxidation sites excluding steroid dienone is 5. The van der Waals surface area contributed by atoms with Crippen molar-refractivity contribution >= 4 is 32.7 Å². The summed E-state index contributed by atoms with van der Waals surface area (Å²) in [5, 5.41) is 11.5. The molecule has 0 unspecified atom stereocenters. The monoisotopic (exact) mass is 414 g/mol. The Morgan fingerprint density at radius 3 is 2.30 bits per heavy atom. The van der Waals surface area contributed by atoms with E-state index in [4.69, 9.17) is 0 Å². The van der Waals surface area contributed by atoms with E-state index in [-0.39, 0.29) is 16.5 Å². The van der Waals surface area contributed by atoms with Crippen molar-refractivity contribution in [3.8, 4) is 0 Å². The number of fused-ring (bicyclic) bond motifs is 2. The number of hydrogen-bond donors (Lipinski definition) is 1. The molecule has 0 amide bonds. The maximum atomic E-state index is 3.75. The second-order valence-corrected chi connectivity index (χ2v) is 12.0. The predicted octanol–water partition coefficient (Wildman–Crippen LogP) is 3.75. The minimum Gasteiger partial charge on any atom is -0.0149 e. The van der Waals surface area contributed by atoms with Gasteiger partial charge in [-0.25, -0.2) is 0 Å². The van der Waals surface area contributed by atoms with Crippen LogP contribution in [0.3, 0.4) is 0 Å². The molecule has 0 fully saturated rings. The third-order valence-corrected chi connectivity index (χ3v) is 6.96. The summed E-state index contributed by atoms with van der Waals surface area (Å²) < 4.78 is 1.65. The molecule has 3 rings (SSSR count). The smallest absolute Gasteiger partial charge is 0.0149 e.